The summed E-state index contributed by atoms with van der Waals surface area (Å²) in [6.07, 6.45) is 3.34. The molecule has 0 spiro atoms. The molecule has 13 heavy (non-hydrogen) atoms. The third kappa shape index (κ3) is 2.69. The molecule has 2 nitrogen and oxygen atoms in total. The molecule has 1 rings (SSSR count). The molecule has 1 aliphatic carbocycles. The minimum atomic E-state index is 0.368. The number of hydrogen-bond acceptors (Lipinski definition) is 2. The van der Waals surface area contributed by atoms with E-state index >= 15 is 0 Å². The lowest BCUT2D eigenvalue weighted by Crippen LogP contribution is -2.25. The Morgan fingerprint density at radius 2 is 2.15 bits per heavy atom. The zero-order valence-electron chi connectivity index (χ0n) is 8.50. The second kappa shape index (κ2) is 3.98. The highest BCUT2D eigenvalue weighted by Gasteiger charge is 2.27. The maximum absolute atomic E-state index is 7.69. The van der Waals surface area contributed by atoms with Gasteiger partial charge in [0.1, 0.15) is 0 Å². The standard InChI is InChI=1S/C10H17IN2/c1-10(2)5-4-8(13-3)7(6-10)9(11)12/h12-13H,4-6H2,1-3H3. The van der Waals surface area contributed by atoms with Gasteiger partial charge in [0.15, 0.2) is 0 Å². The molecular formula is C10H17IN2. The zero-order valence-corrected chi connectivity index (χ0v) is 10.7. The highest BCUT2D eigenvalue weighted by atomic mass is 127. The van der Waals surface area contributed by atoms with E-state index in [0.717, 1.165) is 12.8 Å². The van der Waals surface area contributed by atoms with E-state index in [1.807, 2.05) is 7.05 Å². The average molecular weight is 292 g/mol. The average Bonchev–Trinajstić information content (AvgIpc) is 2.03. The first-order valence-electron chi connectivity index (χ1n) is 4.60. The Hall–Kier alpha value is -0.0600. The fraction of sp³-hybridized carbons (Fsp3) is 0.700. The molecule has 1 aliphatic rings. The molecule has 0 aromatic heterocycles. The monoisotopic (exact) mass is 292 g/mol. The Morgan fingerprint density at radius 1 is 1.54 bits per heavy atom. The van der Waals surface area contributed by atoms with Crippen molar-refractivity contribution in [3.05, 3.63) is 11.3 Å². The summed E-state index contributed by atoms with van der Waals surface area (Å²) in [4.78, 5) is 0. The highest BCUT2D eigenvalue weighted by molar-refractivity contribution is 14.1. The van der Waals surface area contributed by atoms with E-state index in [2.05, 4.69) is 41.8 Å². The minimum absolute atomic E-state index is 0.368. The number of hydrogen-bond donors (Lipinski definition) is 2. The van der Waals surface area contributed by atoms with Crippen LogP contribution in [0.5, 0.6) is 0 Å². The Morgan fingerprint density at radius 3 is 2.62 bits per heavy atom. The van der Waals surface area contributed by atoms with Crippen LogP contribution in [0, 0.1) is 10.8 Å². The SMILES string of the molecule is CNC1=C(C(=N)I)CC(C)(C)CC1. The van der Waals surface area contributed by atoms with Crippen LogP contribution < -0.4 is 5.32 Å². The molecule has 0 saturated carbocycles. The maximum atomic E-state index is 7.69. The van der Waals surface area contributed by atoms with Crippen LogP contribution in [0.25, 0.3) is 0 Å². The van der Waals surface area contributed by atoms with Gasteiger partial charge in [-0.3, -0.25) is 5.41 Å². The van der Waals surface area contributed by atoms with E-state index in [1.165, 1.54) is 17.7 Å². The quantitative estimate of drug-likeness (QED) is 0.595. The van der Waals surface area contributed by atoms with Gasteiger partial charge in [-0.1, -0.05) is 13.8 Å². The van der Waals surface area contributed by atoms with Crippen LogP contribution in [-0.4, -0.2) is 10.8 Å². The summed E-state index contributed by atoms with van der Waals surface area (Å²) in [5.74, 6) is 0. The van der Waals surface area contributed by atoms with Crippen molar-refractivity contribution in [3.8, 4) is 0 Å². The predicted molar refractivity (Wildman–Crippen MR) is 65.5 cm³/mol. The second-order valence-corrected chi connectivity index (χ2v) is 5.44. The summed E-state index contributed by atoms with van der Waals surface area (Å²) < 4.78 is 0.690. The van der Waals surface area contributed by atoms with E-state index in [4.69, 9.17) is 5.41 Å². The molecule has 0 unspecified atom stereocenters. The summed E-state index contributed by atoms with van der Waals surface area (Å²) in [7, 11) is 1.95. The van der Waals surface area contributed by atoms with Crippen molar-refractivity contribution >= 4 is 26.3 Å². The van der Waals surface area contributed by atoms with Gasteiger partial charge >= 0.3 is 0 Å². The molecular weight excluding hydrogens is 275 g/mol. The normalized spacial score (nSPS) is 21.5. The minimum Gasteiger partial charge on any atom is -0.391 e. The fourth-order valence-electron chi connectivity index (χ4n) is 1.77. The van der Waals surface area contributed by atoms with Crippen LogP contribution in [0.1, 0.15) is 33.1 Å². The van der Waals surface area contributed by atoms with Crippen molar-refractivity contribution in [2.45, 2.75) is 33.1 Å². The Kier molecular flexibility index (Phi) is 3.38. The molecule has 0 heterocycles. The van der Waals surface area contributed by atoms with Gasteiger partial charge in [-0.15, -0.1) is 0 Å². The van der Waals surface area contributed by atoms with Gasteiger partial charge in [-0.05, 0) is 47.3 Å². The van der Waals surface area contributed by atoms with Crippen LogP contribution >= 0.6 is 22.6 Å². The lowest BCUT2D eigenvalue weighted by Gasteiger charge is -2.32. The van der Waals surface area contributed by atoms with Crippen molar-refractivity contribution < 1.29 is 0 Å². The van der Waals surface area contributed by atoms with Crippen molar-refractivity contribution in [2.24, 2.45) is 5.41 Å². The number of allylic oxidation sites excluding steroid dienone is 2. The van der Waals surface area contributed by atoms with Gasteiger partial charge in [0.05, 0.1) is 3.72 Å². The molecule has 0 fully saturated rings. The second-order valence-electron chi connectivity index (χ2n) is 4.36. The summed E-state index contributed by atoms with van der Waals surface area (Å²) in [5, 5.41) is 10.9. The van der Waals surface area contributed by atoms with Gasteiger partial charge in [0.25, 0.3) is 0 Å². The first-order chi connectivity index (χ1) is 5.96. The molecule has 0 aliphatic heterocycles. The first-order valence-corrected chi connectivity index (χ1v) is 5.68. The third-order valence-corrected chi connectivity index (χ3v) is 3.29. The van der Waals surface area contributed by atoms with E-state index < -0.39 is 0 Å². The largest absolute Gasteiger partial charge is 0.391 e. The van der Waals surface area contributed by atoms with Crippen LogP contribution in [0.4, 0.5) is 0 Å². The first kappa shape index (κ1) is 11.0. The molecule has 0 aromatic carbocycles. The zero-order chi connectivity index (χ0) is 10.1. The maximum Gasteiger partial charge on any atom is 0.0969 e. The lowest BCUT2D eigenvalue weighted by molar-refractivity contribution is 0.315. The van der Waals surface area contributed by atoms with Gasteiger partial charge in [0, 0.05) is 18.3 Å². The molecule has 0 bridgehead atoms. The van der Waals surface area contributed by atoms with Gasteiger partial charge in [-0.25, -0.2) is 0 Å². The smallest absolute Gasteiger partial charge is 0.0969 e. The van der Waals surface area contributed by atoms with Crippen molar-refractivity contribution in [3.63, 3.8) is 0 Å². The Bertz CT molecular complexity index is 254. The van der Waals surface area contributed by atoms with Crippen LogP contribution in [-0.2, 0) is 0 Å². The summed E-state index contributed by atoms with van der Waals surface area (Å²) in [6.45, 7) is 4.55. The third-order valence-electron chi connectivity index (χ3n) is 2.64. The van der Waals surface area contributed by atoms with Crippen molar-refractivity contribution in [1.29, 1.82) is 5.41 Å². The lowest BCUT2D eigenvalue weighted by atomic mass is 9.76. The van der Waals surface area contributed by atoms with Crippen molar-refractivity contribution in [1.82, 2.24) is 5.32 Å². The van der Waals surface area contributed by atoms with E-state index in [-0.39, 0.29) is 0 Å². The van der Waals surface area contributed by atoms with Crippen molar-refractivity contribution in [2.75, 3.05) is 7.05 Å². The molecule has 0 amide bonds. The van der Waals surface area contributed by atoms with E-state index in [1.54, 1.807) is 0 Å². The molecule has 2 N–H and O–H groups in total. The Balaban J connectivity index is 2.93. The predicted octanol–water partition coefficient (Wildman–Crippen LogP) is 3.08. The summed E-state index contributed by atoms with van der Waals surface area (Å²) >= 11 is 2.10. The fourth-order valence-corrected chi connectivity index (χ4v) is 2.29. The topological polar surface area (TPSA) is 35.9 Å². The molecule has 0 radical (unpaired) electrons. The number of rotatable bonds is 2. The molecule has 0 saturated heterocycles. The molecule has 3 heteroatoms. The summed E-state index contributed by atoms with van der Waals surface area (Å²) in [6, 6.07) is 0. The van der Waals surface area contributed by atoms with Crippen LogP contribution in [0.3, 0.4) is 0 Å². The molecule has 74 valence electrons. The number of halogens is 1. The van der Waals surface area contributed by atoms with Gasteiger partial charge in [-0.2, -0.15) is 0 Å². The highest BCUT2D eigenvalue weighted by Crippen LogP contribution is 2.38. The molecule has 0 aromatic rings. The van der Waals surface area contributed by atoms with Crippen LogP contribution in [0.15, 0.2) is 11.3 Å². The van der Waals surface area contributed by atoms with E-state index in [9.17, 15) is 0 Å². The summed E-state index contributed by atoms with van der Waals surface area (Å²) in [5.41, 5.74) is 2.84. The van der Waals surface area contributed by atoms with Crippen LogP contribution in [0.2, 0.25) is 0 Å². The molecule has 0 atom stereocenters. The number of nitrogens with one attached hydrogen (secondary N) is 2. The Labute approximate surface area is 93.8 Å². The van der Waals surface area contributed by atoms with Gasteiger partial charge in [0.2, 0.25) is 0 Å². The van der Waals surface area contributed by atoms with E-state index in [0.29, 0.717) is 9.13 Å². The van der Waals surface area contributed by atoms with Gasteiger partial charge < -0.3 is 5.32 Å².